The summed E-state index contributed by atoms with van der Waals surface area (Å²) in [5.41, 5.74) is 1.82. The number of hydrogen-bond donors (Lipinski definition) is 0. The van der Waals surface area contributed by atoms with Gasteiger partial charge in [0.1, 0.15) is 6.61 Å². The monoisotopic (exact) mass is 380 g/mol. The zero-order chi connectivity index (χ0) is 19.6. The largest absolute Gasteiger partial charge is 0.447 e. The number of hydrogen-bond acceptors (Lipinski definition) is 4. The maximum absolute atomic E-state index is 13.6. The van der Waals surface area contributed by atoms with Crippen molar-refractivity contribution in [2.75, 3.05) is 6.61 Å². The van der Waals surface area contributed by atoms with Crippen LogP contribution in [0.15, 0.2) is 36.7 Å². The predicted molar refractivity (Wildman–Crippen MR) is 91.8 cm³/mol. The highest BCUT2D eigenvalue weighted by molar-refractivity contribution is 5.70. The lowest BCUT2D eigenvalue weighted by Gasteiger charge is -2.24. The molecule has 1 aliphatic heterocycles. The van der Waals surface area contributed by atoms with E-state index in [9.17, 15) is 18.0 Å². The van der Waals surface area contributed by atoms with Gasteiger partial charge in [0.15, 0.2) is 11.6 Å². The number of halogens is 3. The Morgan fingerprint density at radius 2 is 2.04 bits per heavy atom. The molecule has 1 aromatic heterocycles. The van der Waals surface area contributed by atoms with Crippen molar-refractivity contribution in [1.29, 1.82) is 0 Å². The van der Waals surface area contributed by atoms with Gasteiger partial charge in [0.2, 0.25) is 0 Å². The number of ether oxygens (including phenoxy) is 2. The third kappa shape index (κ3) is 4.32. The molecule has 144 valence electrons. The Morgan fingerprint density at radius 3 is 2.74 bits per heavy atom. The van der Waals surface area contributed by atoms with Crippen LogP contribution < -0.4 is 4.74 Å². The van der Waals surface area contributed by atoms with Crippen molar-refractivity contribution in [1.82, 2.24) is 9.88 Å². The third-order valence-corrected chi connectivity index (χ3v) is 4.41. The average Bonchev–Trinajstić information content (AvgIpc) is 2.98. The third-order valence-electron chi connectivity index (χ3n) is 4.41. The van der Waals surface area contributed by atoms with Crippen molar-refractivity contribution < 1.29 is 27.4 Å². The van der Waals surface area contributed by atoms with E-state index in [0.29, 0.717) is 24.3 Å². The average molecular weight is 380 g/mol. The van der Waals surface area contributed by atoms with Crippen LogP contribution in [0.1, 0.15) is 19.4 Å². The van der Waals surface area contributed by atoms with Gasteiger partial charge in [-0.2, -0.15) is 8.78 Å². The van der Waals surface area contributed by atoms with Crippen molar-refractivity contribution in [2.24, 2.45) is 5.92 Å². The Kier molecular flexibility index (Phi) is 5.53. The highest BCUT2D eigenvalue weighted by Crippen LogP contribution is 2.29. The van der Waals surface area contributed by atoms with Gasteiger partial charge < -0.3 is 9.47 Å². The molecule has 1 fully saturated rings. The first-order valence-electron chi connectivity index (χ1n) is 8.47. The van der Waals surface area contributed by atoms with Crippen molar-refractivity contribution >= 4 is 6.09 Å². The van der Waals surface area contributed by atoms with E-state index in [1.807, 2.05) is 13.8 Å². The van der Waals surface area contributed by atoms with Gasteiger partial charge in [-0.15, -0.1) is 0 Å². The van der Waals surface area contributed by atoms with Gasteiger partial charge in [0.05, 0.1) is 12.6 Å². The number of nitrogens with zero attached hydrogens (tertiary/aromatic N) is 2. The summed E-state index contributed by atoms with van der Waals surface area (Å²) in [6.07, 6.45) is 2.77. The topological polar surface area (TPSA) is 51.7 Å². The number of aromatic nitrogens is 1. The van der Waals surface area contributed by atoms with Gasteiger partial charge in [-0.1, -0.05) is 19.9 Å². The Bertz CT molecular complexity index is 830. The first kappa shape index (κ1) is 19.0. The first-order valence-corrected chi connectivity index (χ1v) is 8.47. The minimum absolute atomic E-state index is 0.0296. The van der Waals surface area contributed by atoms with E-state index < -0.39 is 18.2 Å². The second-order valence-corrected chi connectivity index (χ2v) is 6.62. The highest BCUT2D eigenvalue weighted by Gasteiger charge is 2.34. The molecule has 1 saturated heterocycles. The van der Waals surface area contributed by atoms with Crippen molar-refractivity contribution in [3.05, 3.63) is 48.0 Å². The number of alkyl halides is 2. The van der Waals surface area contributed by atoms with E-state index in [1.54, 1.807) is 17.2 Å². The Morgan fingerprint density at radius 1 is 1.26 bits per heavy atom. The van der Waals surface area contributed by atoms with Crippen LogP contribution in [0.4, 0.5) is 18.0 Å². The van der Waals surface area contributed by atoms with E-state index in [2.05, 4.69) is 9.72 Å². The maximum Gasteiger partial charge on any atom is 0.410 e. The molecular weight excluding hydrogens is 361 g/mol. The lowest BCUT2D eigenvalue weighted by atomic mass is 10.0. The normalized spacial score (nSPS) is 16.9. The molecule has 0 bridgehead atoms. The van der Waals surface area contributed by atoms with Crippen LogP contribution in [0, 0.1) is 11.7 Å². The van der Waals surface area contributed by atoms with Gasteiger partial charge in [0.25, 0.3) is 0 Å². The molecule has 3 rings (SSSR count). The van der Waals surface area contributed by atoms with E-state index in [-0.39, 0.29) is 18.1 Å². The second-order valence-electron chi connectivity index (χ2n) is 6.62. The Balaban J connectivity index is 1.85. The molecule has 0 saturated carbocycles. The lowest BCUT2D eigenvalue weighted by molar-refractivity contribution is -0.0521. The number of carbonyl (C=O) groups excluding carboxylic acids is 1. The van der Waals surface area contributed by atoms with Crippen LogP contribution >= 0.6 is 0 Å². The second kappa shape index (κ2) is 7.85. The fourth-order valence-electron chi connectivity index (χ4n) is 3.00. The molecule has 2 aromatic rings. The van der Waals surface area contributed by atoms with Gasteiger partial charge in [-0.25, -0.2) is 9.18 Å². The lowest BCUT2D eigenvalue weighted by Crippen LogP contribution is -2.36. The zero-order valence-electron chi connectivity index (χ0n) is 14.9. The fourth-order valence-corrected chi connectivity index (χ4v) is 3.00. The SMILES string of the molecule is CC(C)[C@H]1COC(=O)N1Cc1cncc(-c2ccc(F)c(OC(F)F)c2)c1. The number of amides is 1. The van der Waals surface area contributed by atoms with Crippen LogP contribution in [0.5, 0.6) is 5.75 Å². The molecule has 0 aliphatic carbocycles. The number of benzene rings is 1. The predicted octanol–water partition coefficient (Wildman–Crippen LogP) is 4.47. The molecule has 2 heterocycles. The summed E-state index contributed by atoms with van der Waals surface area (Å²) >= 11 is 0. The molecule has 1 aliphatic rings. The smallest absolute Gasteiger partial charge is 0.410 e. The van der Waals surface area contributed by atoms with Gasteiger partial charge >= 0.3 is 12.7 Å². The Labute approximate surface area is 154 Å². The summed E-state index contributed by atoms with van der Waals surface area (Å²) in [5, 5.41) is 0. The quantitative estimate of drug-likeness (QED) is 0.742. The molecular formula is C19H19F3N2O3. The molecule has 27 heavy (non-hydrogen) atoms. The summed E-state index contributed by atoms with van der Waals surface area (Å²) in [5.74, 6) is -1.17. The molecule has 0 N–H and O–H groups in total. The summed E-state index contributed by atoms with van der Waals surface area (Å²) in [7, 11) is 0. The summed E-state index contributed by atoms with van der Waals surface area (Å²) in [6.45, 7) is 1.56. The van der Waals surface area contributed by atoms with Crippen LogP contribution in [-0.4, -0.2) is 35.2 Å². The number of cyclic esters (lactones) is 1. The molecule has 0 radical (unpaired) electrons. The van der Waals surface area contributed by atoms with Gasteiger partial charge in [-0.3, -0.25) is 9.88 Å². The summed E-state index contributed by atoms with van der Waals surface area (Å²) in [4.78, 5) is 17.8. The first-order chi connectivity index (χ1) is 12.8. The number of rotatable bonds is 6. The standard InChI is InChI=1S/C19H19F3N2O3/c1-11(2)16-10-26-19(25)24(16)9-12-5-14(8-23-7-12)13-3-4-15(20)17(6-13)27-18(21)22/h3-8,11,16,18H,9-10H2,1-2H3/t16-/m1/s1. The minimum atomic E-state index is -3.12. The van der Waals surface area contributed by atoms with Crippen LogP contribution in [-0.2, 0) is 11.3 Å². The van der Waals surface area contributed by atoms with E-state index in [4.69, 9.17) is 4.74 Å². The van der Waals surface area contributed by atoms with Gasteiger partial charge in [-0.05, 0) is 35.2 Å². The van der Waals surface area contributed by atoms with E-state index >= 15 is 0 Å². The highest BCUT2D eigenvalue weighted by atomic mass is 19.3. The summed E-state index contributed by atoms with van der Waals surface area (Å²) in [6, 6.07) is 5.46. The van der Waals surface area contributed by atoms with Crippen LogP contribution in [0.2, 0.25) is 0 Å². The zero-order valence-corrected chi connectivity index (χ0v) is 14.9. The van der Waals surface area contributed by atoms with Crippen molar-refractivity contribution in [3.63, 3.8) is 0 Å². The van der Waals surface area contributed by atoms with E-state index in [0.717, 1.165) is 11.6 Å². The van der Waals surface area contributed by atoms with Crippen molar-refractivity contribution in [2.45, 2.75) is 33.0 Å². The summed E-state index contributed by atoms with van der Waals surface area (Å²) < 4.78 is 47.8. The fraction of sp³-hybridized carbons (Fsp3) is 0.368. The van der Waals surface area contributed by atoms with Crippen molar-refractivity contribution in [3.8, 4) is 16.9 Å². The van der Waals surface area contributed by atoms with E-state index in [1.165, 1.54) is 18.3 Å². The molecule has 0 unspecified atom stereocenters. The maximum atomic E-state index is 13.6. The Hall–Kier alpha value is -2.77. The molecule has 1 atom stereocenters. The van der Waals surface area contributed by atoms with Crippen LogP contribution in [0.25, 0.3) is 11.1 Å². The number of pyridine rings is 1. The molecule has 5 nitrogen and oxygen atoms in total. The minimum Gasteiger partial charge on any atom is -0.447 e. The molecule has 1 amide bonds. The van der Waals surface area contributed by atoms with Gasteiger partial charge in [0, 0.05) is 18.0 Å². The molecule has 8 heteroatoms. The molecule has 1 aromatic carbocycles. The van der Waals surface area contributed by atoms with Crippen LogP contribution in [0.3, 0.4) is 0 Å². The number of carbonyl (C=O) groups is 1. The molecule has 0 spiro atoms.